The maximum Gasteiger partial charge on any atom is 0.305 e. The third-order valence-corrected chi connectivity index (χ3v) is 4.23. The van der Waals surface area contributed by atoms with E-state index in [0.717, 1.165) is 18.6 Å². The molecule has 0 fully saturated rings. The third kappa shape index (κ3) is 4.76. The highest BCUT2D eigenvalue weighted by Crippen LogP contribution is 2.31. The molecule has 1 N–H and O–H groups in total. The monoisotopic (exact) mass is 391 g/mol. The summed E-state index contributed by atoms with van der Waals surface area (Å²) in [7, 11) is 0. The minimum Gasteiger partial charge on any atom is -0.490 e. The molecule has 0 aromatic heterocycles. The van der Waals surface area contributed by atoms with Crippen LogP contribution in [-0.4, -0.2) is 41.6 Å². The minimum absolute atomic E-state index is 0.0578. The fourth-order valence-corrected chi connectivity index (χ4v) is 2.82. The predicted octanol–water partition coefficient (Wildman–Crippen LogP) is 3.24. The summed E-state index contributed by atoms with van der Waals surface area (Å²) in [4.78, 5) is 25.2. The number of hydrogen-bond acceptors (Lipinski definition) is 4. The molecule has 6 nitrogen and oxygen atoms in total. The molecular formula is C20H19F2NO5. The topological polar surface area (TPSA) is 76.1 Å². The van der Waals surface area contributed by atoms with Crippen LogP contribution in [0.1, 0.15) is 28.8 Å². The third-order valence-electron chi connectivity index (χ3n) is 4.23. The molecule has 0 radical (unpaired) electrons. The lowest BCUT2D eigenvalue weighted by Gasteiger charge is -2.23. The lowest BCUT2D eigenvalue weighted by Crippen LogP contribution is -2.32. The Morgan fingerprint density at radius 3 is 2.46 bits per heavy atom. The number of carboxylic acid groups (broad SMARTS) is 1. The Kier molecular flexibility index (Phi) is 6.08. The molecule has 8 heteroatoms. The van der Waals surface area contributed by atoms with Crippen molar-refractivity contribution >= 4 is 11.9 Å². The summed E-state index contributed by atoms with van der Waals surface area (Å²) >= 11 is 0. The highest BCUT2D eigenvalue weighted by molar-refractivity contribution is 5.95. The number of ether oxygens (including phenoxy) is 2. The van der Waals surface area contributed by atoms with E-state index in [2.05, 4.69) is 0 Å². The standard InChI is InChI=1S/C20H19F2NO5/c21-15-4-2-13(10-16(15)22)12-23(7-6-19(24)25)20(26)14-3-5-17-18(11-14)28-9-1-8-27-17/h2-5,10-11H,1,6-9,12H2,(H,24,25). The van der Waals surface area contributed by atoms with E-state index in [-0.39, 0.29) is 25.1 Å². The Bertz CT molecular complexity index is 887. The van der Waals surface area contributed by atoms with Crippen LogP contribution in [0.3, 0.4) is 0 Å². The van der Waals surface area contributed by atoms with Crippen LogP contribution in [0.5, 0.6) is 11.5 Å². The SMILES string of the molecule is O=C(O)CCN(Cc1ccc(F)c(F)c1)C(=O)c1ccc2c(c1)OCCCO2. The molecule has 1 amide bonds. The molecule has 1 aliphatic heterocycles. The first kappa shape index (κ1) is 19.6. The van der Waals surface area contributed by atoms with Gasteiger partial charge in [-0.15, -0.1) is 0 Å². The Labute approximate surface area is 160 Å². The number of hydrogen-bond donors (Lipinski definition) is 1. The van der Waals surface area contributed by atoms with Gasteiger partial charge in [-0.2, -0.15) is 0 Å². The largest absolute Gasteiger partial charge is 0.490 e. The Hall–Kier alpha value is -3.16. The molecule has 0 atom stereocenters. The van der Waals surface area contributed by atoms with Crippen LogP contribution >= 0.6 is 0 Å². The molecule has 0 spiro atoms. The first-order chi connectivity index (χ1) is 13.4. The van der Waals surface area contributed by atoms with Crippen molar-refractivity contribution in [1.82, 2.24) is 4.90 Å². The van der Waals surface area contributed by atoms with E-state index >= 15 is 0 Å². The Morgan fingerprint density at radius 2 is 1.75 bits per heavy atom. The smallest absolute Gasteiger partial charge is 0.305 e. The van der Waals surface area contributed by atoms with Gasteiger partial charge in [0.2, 0.25) is 0 Å². The molecule has 148 valence electrons. The molecule has 1 heterocycles. The van der Waals surface area contributed by atoms with Crippen molar-refractivity contribution < 1.29 is 33.0 Å². The van der Waals surface area contributed by atoms with Crippen LogP contribution in [0.4, 0.5) is 8.78 Å². The molecule has 2 aromatic rings. The van der Waals surface area contributed by atoms with Crippen LogP contribution in [0.2, 0.25) is 0 Å². The van der Waals surface area contributed by atoms with E-state index in [9.17, 15) is 18.4 Å². The van der Waals surface area contributed by atoms with Crippen molar-refractivity contribution in [3.8, 4) is 11.5 Å². The number of carbonyl (C=O) groups excluding carboxylic acids is 1. The van der Waals surface area contributed by atoms with Gasteiger partial charge in [-0.3, -0.25) is 9.59 Å². The summed E-state index contributed by atoms with van der Waals surface area (Å²) in [6.07, 6.45) is 0.443. The number of halogens is 2. The first-order valence-electron chi connectivity index (χ1n) is 8.78. The normalized spacial score (nSPS) is 12.9. The minimum atomic E-state index is -1.07. The van der Waals surface area contributed by atoms with Crippen LogP contribution < -0.4 is 9.47 Å². The summed E-state index contributed by atoms with van der Waals surface area (Å²) in [5.41, 5.74) is 0.643. The second-order valence-corrected chi connectivity index (χ2v) is 6.33. The maximum atomic E-state index is 13.5. The molecule has 0 aliphatic carbocycles. The van der Waals surface area contributed by atoms with Gasteiger partial charge < -0.3 is 19.5 Å². The van der Waals surface area contributed by atoms with Gasteiger partial charge in [0.15, 0.2) is 23.1 Å². The summed E-state index contributed by atoms with van der Waals surface area (Å²) in [6, 6.07) is 8.05. The van der Waals surface area contributed by atoms with Crippen LogP contribution in [-0.2, 0) is 11.3 Å². The van der Waals surface area contributed by atoms with Crippen LogP contribution in [0, 0.1) is 11.6 Å². The summed E-state index contributed by atoms with van der Waals surface area (Å²) in [6.45, 7) is 0.836. The number of carboxylic acids is 1. The zero-order valence-electron chi connectivity index (χ0n) is 15.0. The molecule has 2 aromatic carbocycles. The van der Waals surface area contributed by atoms with Crippen molar-refractivity contribution in [1.29, 1.82) is 0 Å². The summed E-state index contributed by atoms with van der Waals surface area (Å²) in [5.74, 6) is -2.56. The van der Waals surface area contributed by atoms with Crippen molar-refractivity contribution in [3.63, 3.8) is 0 Å². The Balaban J connectivity index is 1.84. The number of carbonyl (C=O) groups is 2. The van der Waals surface area contributed by atoms with Gasteiger partial charge in [-0.05, 0) is 35.9 Å². The second kappa shape index (κ2) is 8.69. The van der Waals surface area contributed by atoms with E-state index in [1.807, 2.05) is 0 Å². The predicted molar refractivity (Wildman–Crippen MR) is 95.4 cm³/mol. The number of nitrogens with zero attached hydrogens (tertiary/aromatic N) is 1. The number of aliphatic carboxylic acids is 1. The molecule has 0 bridgehead atoms. The van der Waals surface area contributed by atoms with E-state index in [1.54, 1.807) is 18.2 Å². The number of fused-ring (bicyclic) bond motifs is 1. The summed E-state index contributed by atoms with van der Waals surface area (Å²) < 4.78 is 37.8. The summed E-state index contributed by atoms with van der Waals surface area (Å²) in [5, 5.41) is 8.97. The highest BCUT2D eigenvalue weighted by Gasteiger charge is 2.20. The van der Waals surface area contributed by atoms with Crippen molar-refractivity contribution in [3.05, 3.63) is 59.2 Å². The average Bonchev–Trinajstić information content (AvgIpc) is 2.92. The van der Waals surface area contributed by atoms with Gasteiger partial charge in [-0.25, -0.2) is 8.78 Å². The fraction of sp³-hybridized carbons (Fsp3) is 0.300. The lowest BCUT2D eigenvalue weighted by molar-refractivity contribution is -0.137. The number of benzene rings is 2. The van der Waals surface area contributed by atoms with Crippen molar-refractivity contribution in [2.24, 2.45) is 0 Å². The zero-order chi connectivity index (χ0) is 20.1. The van der Waals surface area contributed by atoms with E-state index in [4.69, 9.17) is 14.6 Å². The van der Waals surface area contributed by atoms with E-state index in [0.29, 0.717) is 30.3 Å². The fourth-order valence-electron chi connectivity index (χ4n) is 2.82. The van der Waals surface area contributed by atoms with E-state index in [1.165, 1.54) is 11.0 Å². The number of rotatable bonds is 6. The number of amides is 1. The van der Waals surface area contributed by atoms with Crippen molar-refractivity contribution in [2.45, 2.75) is 19.4 Å². The van der Waals surface area contributed by atoms with Gasteiger partial charge >= 0.3 is 5.97 Å². The van der Waals surface area contributed by atoms with Crippen molar-refractivity contribution in [2.75, 3.05) is 19.8 Å². The highest BCUT2D eigenvalue weighted by atomic mass is 19.2. The van der Waals surface area contributed by atoms with Crippen LogP contribution in [0.15, 0.2) is 36.4 Å². The Morgan fingerprint density at radius 1 is 1.00 bits per heavy atom. The maximum absolute atomic E-state index is 13.5. The quantitative estimate of drug-likeness (QED) is 0.818. The van der Waals surface area contributed by atoms with Gasteiger partial charge in [0, 0.05) is 25.1 Å². The van der Waals surface area contributed by atoms with Gasteiger partial charge in [0.05, 0.1) is 19.6 Å². The molecular weight excluding hydrogens is 372 g/mol. The first-order valence-corrected chi connectivity index (χ1v) is 8.78. The van der Waals surface area contributed by atoms with Gasteiger partial charge in [0.25, 0.3) is 5.91 Å². The molecule has 0 saturated heterocycles. The average molecular weight is 391 g/mol. The zero-order valence-corrected chi connectivity index (χ0v) is 15.0. The van der Waals surface area contributed by atoms with Gasteiger partial charge in [0.1, 0.15) is 0 Å². The van der Waals surface area contributed by atoms with Crippen LogP contribution in [0.25, 0.3) is 0 Å². The second-order valence-electron chi connectivity index (χ2n) is 6.33. The molecule has 1 aliphatic rings. The van der Waals surface area contributed by atoms with E-state index < -0.39 is 23.5 Å². The molecule has 3 rings (SSSR count). The molecule has 0 saturated carbocycles. The lowest BCUT2D eigenvalue weighted by atomic mass is 10.1. The molecule has 28 heavy (non-hydrogen) atoms. The van der Waals surface area contributed by atoms with Gasteiger partial charge in [-0.1, -0.05) is 6.07 Å². The molecule has 0 unspecified atom stereocenters.